The summed E-state index contributed by atoms with van der Waals surface area (Å²) in [4.78, 5) is 20.2. The van der Waals surface area contributed by atoms with E-state index >= 15 is 0 Å². The average molecular weight is 260 g/mol. The molecule has 0 aromatic carbocycles. The molecular weight excluding hydrogens is 240 g/mol. The lowest BCUT2D eigenvalue weighted by molar-refractivity contribution is -0.126. The standard InChI is InChI=1S/C14H20N4O/c19-13(12-9-10-2-3-11(12)8-10)15-6-7-18-14-16-4-1-5-17-14/h1,4-5,10-12H,2-3,6-9H2,(H,15,19)(H,16,17,18)/t10-,11-,12+/m0/s1. The minimum absolute atomic E-state index is 0.239. The maximum absolute atomic E-state index is 12.1. The lowest BCUT2D eigenvalue weighted by Crippen LogP contribution is -2.36. The Bertz CT molecular complexity index is 436. The van der Waals surface area contributed by atoms with Gasteiger partial charge in [0.25, 0.3) is 0 Å². The lowest BCUT2D eigenvalue weighted by Gasteiger charge is -2.20. The topological polar surface area (TPSA) is 66.9 Å². The molecule has 2 aliphatic carbocycles. The molecule has 2 N–H and O–H groups in total. The molecule has 0 saturated heterocycles. The first kappa shape index (κ1) is 12.4. The summed E-state index contributed by atoms with van der Waals surface area (Å²) in [5.74, 6) is 2.58. The Morgan fingerprint density at radius 3 is 2.74 bits per heavy atom. The van der Waals surface area contributed by atoms with Gasteiger partial charge >= 0.3 is 0 Å². The van der Waals surface area contributed by atoms with Crippen molar-refractivity contribution in [2.75, 3.05) is 18.4 Å². The van der Waals surface area contributed by atoms with Crippen molar-refractivity contribution in [3.8, 4) is 0 Å². The monoisotopic (exact) mass is 260 g/mol. The van der Waals surface area contributed by atoms with E-state index in [0.29, 0.717) is 25.0 Å². The summed E-state index contributed by atoms with van der Waals surface area (Å²) in [5, 5.41) is 6.11. The summed E-state index contributed by atoms with van der Waals surface area (Å²) in [7, 11) is 0. The number of hydrogen-bond donors (Lipinski definition) is 2. The number of rotatable bonds is 5. The van der Waals surface area contributed by atoms with Crippen LogP contribution in [0.15, 0.2) is 18.5 Å². The van der Waals surface area contributed by atoms with Crippen LogP contribution in [0.1, 0.15) is 25.7 Å². The lowest BCUT2D eigenvalue weighted by atomic mass is 9.88. The third kappa shape index (κ3) is 2.85. The molecule has 5 nitrogen and oxygen atoms in total. The molecule has 0 radical (unpaired) electrons. The number of aromatic nitrogens is 2. The first-order chi connectivity index (χ1) is 9.33. The van der Waals surface area contributed by atoms with Crippen LogP contribution < -0.4 is 10.6 Å². The maximum Gasteiger partial charge on any atom is 0.223 e. The van der Waals surface area contributed by atoms with Gasteiger partial charge in [0.15, 0.2) is 0 Å². The number of carbonyl (C=O) groups excluding carboxylic acids is 1. The highest BCUT2D eigenvalue weighted by atomic mass is 16.1. The number of fused-ring (bicyclic) bond motifs is 2. The van der Waals surface area contributed by atoms with Crippen LogP contribution in [0.4, 0.5) is 5.95 Å². The van der Waals surface area contributed by atoms with Crippen molar-refractivity contribution in [3.63, 3.8) is 0 Å². The maximum atomic E-state index is 12.1. The van der Waals surface area contributed by atoms with Crippen molar-refractivity contribution in [2.24, 2.45) is 17.8 Å². The Balaban J connectivity index is 1.37. The Labute approximate surface area is 113 Å². The van der Waals surface area contributed by atoms with Gasteiger partial charge in [-0.3, -0.25) is 4.79 Å². The van der Waals surface area contributed by atoms with Crippen molar-refractivity contribution in [3.05, 3.63) is 18.5 Å². The fraction of sp³-hybridized carbons (Fsp3) is 0.643. The molecule has 5 heteroatoms. The van der Waals surface area contributed by atoms with Crippen LogP contribution >= 0.6 is 0 Å². The van der Waals surface area contributed by atoms with Gasteiger partial charge in [-0.1, -0.05) is 6.42 Å². The van der Waals surface area contributed by atoms with Crippen LogP contribution in [0.3, 0.4) is 0 Å². The Kier molecular flexibility index (Phi) is 3.62. The molecule has 2 fully saturated rings. The molecule has 2 saturated carbocycles. The number of hydrogen-bond acceptors (Lipinski definition) is 4. The fourth-order valence-corrected chi connectivity index (χ4v) is 3.45. The predicted octanol–water partition coefficient (Wildman–Crippen LogP) is 1.44. The van der Waals surface area contributed by atoms with E-state index in [0.717, 1.165) is 12.3 Å². The van der Waals surface area contributed by atoms with Crippen molar-refractivity contribution in [1.82, 2.24) is 15.3 Å². The molecule has 1 amide bonds. The SMILES string of the molecule is O=C(NCCNc1ncccn1)[C@@H]1C[C@H]2CC[C@H]1C2. The number of nitrogens with zero attached hydrogens (tertiary/aromatic N) is 2. The molecule has 2 aliphatic rings. The number of carbonyl (C=O) groups is 1. The summed E-state index contributed by atoms with van der Waals surface area (Å²) in [6.07, 6.45) is 8.35. The number of amides is 1. The highest BCUT2D eigenvalue weighted by Gasteiger charge is 2.42. The third-order valence-electron chi connectivity index (χ3n) is 4.35. The molecule has 1 aromatic heterocycles. The van der Waals surface area contributed by atoms with E-state index in [4.69, 9.17) is 0 Å². The zero-order chi connectivity index (χ0) is 13.1. The quantitative estimate of drug-likeness (QED) is 0.786. The minimum Gasteiger partial charge on any atom is -0.354 e. The Morgan fingerprint density at radius 1 is 1.21 bits per heavy atom. The highest BCUT2D eigenvalue weighted by Crippen LogP contribution is 2.48. The van der Waals surface area contributed by atoms with Crippen molar-refractivity contribution in [2.45, 2.75) is 25.7 Å². The van der Waals surface area contributed by atoms with E-state index in [1.165, 1.54) is 19.3 Å². The van der Waals surface area contributed by atoms with Gasteiger partial charge in [-0.05, 0) is 37.2 Å². The largest absolute Gasteiger partial charge is 0.354 e. The van der Waals surface area contributed by atoms with E-state index in [9.17, 15) is 4.79 Å². The van der Waals surface area contributed by atoms with E-state index in [1.807, 2.05) is 0 Å². The second-order valence-electron chi connectivity index (χ2n) is 5.57. The van der Waals surface area contributed by atoms with Crippen molar-refractivity contribution >= 4 is 11.9 Å². The highest BCUT2D eigenvalue weighted by molar-refractivity contribution is 5.79. The second kappa shape index (κ2) is 5.55. The molecule has 2 bridgehead atoms. The normalized spacial score (nSPS) is 28.3. The van der Waals surface area contributed by atoms with Gasteiger partial charge in [0.05, 0.1) is 0 Å². The molecule has 3 atom stereocenters. The van der Waals surface area contributed by atoms with Gasteiger partial charge in [0.1, 0.15) is 0 Å². The molecule has 1 heterocycles. The van der Waals surface area contributed by atoms with Gasteiger partial charge in [-0.2, -0.15) is 0 Å². The van der Waals surface area contributed by atoms with Gasteiger partial charge in [0, 0.05) is 31.4 Å². The summed E-state index contributed by atoms with van der Waals surface area (Å²) >= 11 is 0. The second-order valence-corrected chi connectivity index (χ2v) is 5.57. The summed E-state index contributed by atoms with van der Waals surface area (Å²) in [6.45, 7) is 1.29. The molecule has 1 aromatic rings. The van der Waals surface area contributed by atoms with Gasteiger partial charge in [-0.25, -0.2) is 9.97 Å². The molecule has 3 rings (SSSR count). The third-order valence-corrected chi connectivity index (χ3v) is 4.35. The van der Waals surface area contributed by atoms with Gasteiger partial charge in [-0.15, -0.1) is 0 Å². The van der Waals surface area contributed by atoms with E-state index in [2.05, 4.69) is 20.6 Å². The fourth-order valence-electron chi connectivity index (χ4n) is 3.45. The summed E-state index contributed by atoms with van der Waals surface area (Å²) in [6, 6.07) is 1.78. The van der Waals surface area contributed by atoms with Crippen LogP contribution in [0.5, 0.6) is 0 Å². The van der Waals surface area contributed by atoms with Crippen molar-refractivity contribution < 1.29 is 4.79 Å². The average Bonchev–Trinajstić information content (AvgIpc) is 3.07. The molecule has 0 aliphatic heterocycles. The molecule has 0 unspecified atom stereocenters. The smallest absolute Gasteiger partial charge is 0.223 e. The van der Waals surface area contributed by atoms with Crippen LogP contribution in [0, 0.1) is 17.8 Å². The van der Waals surface area contributed by atoms with Gasteiger partial charge in [0.2, 0.25) is 11.9 Å². The van der Waals surface area contributed by atoms with Crippen LogP contribution in [0.2, 0.25) is 0 Å². The number of anilines is 1. The molecular formula is C14H20N4O. The van der Waals surface area contributed by atoms with Crippen molar-refractivity contribution in [1.29, 1.82) is 0 Å². The molecule has 19 heavy (non-hydrogen) atoms. The predicted molar refractivity (Wildman–Crippen MR) is 72.5 cm³/mol. The van der Waals surface area contributed by atoms with Crippen LogP contribution in [0.25, 0.3) is 0 Å². The first-order valence-electron chi connectivity index (χ1n) is 7.11. The van der Waals surface area contributed by atoms with Crippen LogP contribution in [-0.2, 0) is 4.79 Å². The van der Waals surface area contributed by atoms with E-state index < -0.39 is 0 Å². The van der Waals surface area contributed by atoms with E-state index in [-0.39, 0.29) is 11.8 Å². The molecule has 0 spiro atoms. The first-order valence-corrected chi connectivity index (χ1v) is 7.11. The summed E-state index contributed by atoms with van der Waals surface area (Å²) < 4.78 is 0. The minimum atomic E-state index is 0.239. The van der Waals surface area contributed by atoms with Crippen LogP contribution in [-0.4, -0.2) is 29.0 Å². The summed E-state index contributed by atoms with van der Waals surface area (Å²) in [5.41, 5.74) is 0. The van der Waals surface area contributed by atoms with Gasteiger partial charge < -0.3 is 10.6 Å². The zero-order valence-corrected chi connectivity index (χ0v) is 11.0. The Morgan fingerprint density at radius 2 is 2.05 bits per heavy atom. The molecule has 102 valence electrons. The number of nitrogens with one attached hydrogen (secondary N) is 2. The Hall–Kier alpha value is -1.65. The zero-order valence-electron chi connectivity index (χ0n) is 11.0. The van der Waals surface area contributed by atoms with E-state index in [1.54, 1.807) is 18.5 Å².